The van der Waals surface area contributed by atoms with Gasteiger partial charge in [0, 0.05) is 31.2 Å². The second kappa shape index (κ2) is 3.19. The zero-order chi connectivity index (χ0) is 9.60. The van der Waals surface area contributed by atoms with Gasteiger partial charge in [-0.2, -0.15) is 0 Å². The third kappa shape index (κ3) is 1.47. The summed E-state index contributed by atoms with van der Waals surface area (Å²) in [5, 5.41) is 9.30. The molecule has 4 aliphatic rings. The molecule has 80 valence electrons. The van der Waals surface area contributed by atoms with Crippen molar-refractivity contribution >= 4 is 0 Å². The molecule has 3 heteroatoms. The van der Waals surface area contributed by atoms with Crippen LogP contribution >= 0.6 is 0 Å². The maximum atomic E-state index is 9.30. The summed E-state index contributed by atoms with van der Waals surface area (Å²) in [5.74, 6) is 0. The molecule has 2 unspecified atom stereocenters. The highest BCUT2D eigenvalue weighted by molar-refractivity contribution is 4.98. The highest BCUT2D eigenvalue weighted by Crippen LogP contribution is 2.46. The Balaban J connectivity index is 1.63. The molecule has 1 aliphatic carbocycles. The summed E-state index contributed by atoms with van der Waals surface area (Å²) in [4.78, 5) is 2.56. The van der Waals surface area contributed by atoms with Crippen molar-refractivity contribution < 1.29 is 9.84 Å². The Bertz CT molecular complexity index is 219. The van der Waals surface area contributed by atoms with Gasteiger partial charge in [0.15, 0.2) is 0 Å². The van der Waals surface area contributed by atoms with Gasteiger partial charge in [0.1, 0.15) is 0 Å². The third-order valence-corrected chi connectivity index (χ3v) is 4.13. The van der Waals surface area contributed by atoms with E-state index in [1.165, 1.54) is 25.7 Å². The third-order valence-electron chi connectivity index (χ3n) is 4.13. The molecule has 0 amide bonds. The summed E-state index contributed by atoms with van der Waals surface area (Å²) in [6, 6.07) is 0.643. The first-order valence-corrected chi connectivity index (χ1v) is 5.78. The largest absolute Gasteiger partial charge is 0.396 e. The van der Waals surface area contributed by atoms with E-state index in [2.05, 4.69) is 4.90 Å². The smallest absolute Gasteiger partial charge is 0.0703 e. The molecule has 0 aromatic rings. The number of morpholine rings is 1. The Kier molecular flexibility index (Phi) is 2.08. The zero-order valence-electron chi connectivity index (χ0n) is 8.61. The molecule has 3 aliphatic heterocycles. The molecule has 1 N–H and O–H groups in total. The maximum Gasteiger partial charge on any atom is 0.0703 e. The fourth-order valence-corrected chi connectivity index (χ4v) is 2.80. The van der Waals surface area contributed by atoms with E-state index in [1.54, 1.807) is 0 Å². The molecular weight excluding hydrogens is 178 g/mol. The predicted molar refractivity (Wildman–Crippen MR) is 53.1 cm³/mol. The van der Waals surface area contributed by atoms with E-state index in [-0.39, 0.29) is 5.41 Å². The molecule has 0 aromatic carbocycles. The lowest BCUT2D eigenvalue weighted by Crippen LogP contribution is -2.56. The van der Waals surface area contributed by atoms with Crippen molar-refractivity contribution in [1.82, 2.24) is 4.90 Å². The summed E-state index contributed by atoms with van der Waals surface area (Å²) in [5.41, 5.74) is 0.275. The van der Waals surface area contributed by atoms with Crippen molar-refractivity contribution in [2.24, 2.45) is 5.41 Å². The minimum absolute atomic E-state index is 0.275. The number of hydrogen-bond acceptors (Lipinski definition) is 3. The van der Waals surface area contributed by atoms with Crippen LogP contribution in [0.15, 0.2) is 0 Å². The quantitative estimate of drug-likeness (QED) is 0.720. The number of piperidine rings is 1. The number of rotatable bonds is 3. The lowest BCUT2D eigenvalue weighted by Gasteiger charge is -2.46. The van der Waals surface area contributed by atoms with Gasteiger partial charge in [-0.05, 0) is 25.7 Å². The van der Waals surface area contributed by atoms with Crippen LogP contribution in [0.3, 0.4) is 0 Å². The Hall–Kier alpha value is -0.120. The monoisotopic (exact) mass is 197 g/mol. The highest BCUT2D eigenvalue weighted by Gasteiger charge is 2.46. The van der Waals surface area contributed by atoms with Crippen LogP contribution in [0.4, 0.5) is 0 Å². The Morgan fingerprint density at radius 2 is 2.21 bits per heavy atom. The Morgan fingerprint density at radius 3 is 2.64 bits per heavy atom. The van der Waals surface area contributed by atoms with Gasteiger partial charge in [-0.1, -0.05) is 0 Å². The molecule has 0 radical (unpaired) electrons. The predicted octanol–water partition coefficient (Wildman–Crippen LogP) is 0.622. The van der Waals surface area contributed by atoms with Crippen molar-refractivity contribution in [2.75, 3.05) is 26.3 Å². The van der Waals surface area contributed by atoms with Gasteiger partial charge in [0.25, 0.3) is 0 Å². The molecule has 4 fully saturated rings. The second-order valence-electron chi connectivity index (χ2n) is 5.27. The van der Waals surface area contributed by atoms with Gasteiger partial charge in [-0.15, -0.1) is 0 Å². The molecule has 2 bridgehead atoms. The first kappa shape index (κ1) is 9.13. The maximum absolute atomic E-state index is 9.30. The SMILES string of the molecule is OCC1(CN2CC3CCC2CO3)CC1. The van der Waals surface area contributed by atoms with Crippen LogP contribution in [0.25, 0.3) is 0 Å². The first-order chi connectivity index (χ1) is 6.81. The van der Waals surface area contributed by atoms with Crippen LogP contribution in [0.5, 0.6) is 0 Å². The van der Waals surface area contributed by atoms with Crippen molar-refractivity contribution in [3.05, 3.63) is 0 Å². The molecule has 3 saturated heterocycles. The summed E-state index contributed by atoms with van der Waals surface area (Å²) in [6.45, 7) is 3.51. The van der Waals surface area contributed by atoms with Crippen molar-refractivity contribution in [3.8, 4) is 0 Å². The van der Waals surface area contributed by atoms with Crippen molar-refractivity contribution in [2.45, 2.75) is 37.8 Å². The van der Waals surface area contributed by atoms with Crippen LogP contribution in [0, 0.1) is 5.41 Å². The minimum atomic E-state index is 0.275. The lowest BCUT2D eigenvalue weighted by atomic mass is 9.95. The Morgan fingerprint density at radius 1 is 1.36 bits per heavy atom. The number of ether oxygens (including phenoxy) is 1. The Labute approximate surface area is 85.0 Å². The lowest BCUT2D eigenvalue weighted by molar-refractivity contribution is -0.112. The van der Waals surface area contributed by atoms with Crippen molar-refractivity contribution in [1.29, 1.82) is 0 Å². The highest BCUT2D eigenvalue weighted by atomic mass is 16.5. The molecule has 14 heavy (non-hydrogen) atoms. The molecule has 2 atom stereocenters. The number of aliphatic hydroxyl groups is 1. The second-order valence-corrected chi connectivity index (χ2v) is 5.27. The summed E-state index contributed by atoms with van der Waals surface area (Å²) >= 11 is 0. The molecule has 0 aromatic heterocycles. The van der Waals surface area contributed by atoms with E-state index < -0.39 is 0 Å². The van der Waals surface area contributed by atoms with Gasteiger partial charge >= 0.3 is 0 Å². The molecule has 1 saturated carbocycles. The number of aliphatic hydroxyl groups excluding tert-OH is 1. The standard InChI is InChI=1S/C11H19NO2/c13-8-11(3-4-11)7-12-5-10-2-1-9(12)6-14-10/h9-10,13H,1-8H2. The van der Waals surface area contributed by atoms with E-state index in [1.807, 2.05) is 0 Å². The fourth-order valence-electron chi connectivity index (χ4n) is 2.80. The van der Waals surface area contributed by atoms with Gasteiger partial charge in [0.05, 0.1) is 12.7 Å². The topological polar surface area (TPSA) is 32.7 Å². The molecule has 4 rings (SSSR count). The van der Waals surface area contributed by atoms with Crippen LogP contribution in [0.1, 0.15) is 25.7 Å². The van der Waals surface area contributed by atoms with E-state index in [0.717, 1.165) is 19.7 Å². The number of fused-ring (bicyclic) bond motifs is 3. The van der Waals surface area contributed by atoms with Crippen LogP contribution in [-0.4, -0.2) is 48.5 Å². The van der Waals surface area contributed by atoms with Gasteiger partial charge in [-0.25, -0.2) is 0 Å². The molecule has 0 spiro atoms. The number of hydrogen-bond donors (Lipinski definition) is 1. The van der Waals surface area contributed by atoms with Crippen LogP contribution < -0.4 is 0 Å². The van der Waals surface area contributed by atoms with E-state index in [0.29, 0.717) is 18.8 Å². The van der Waals surface area contributed by atoms with Gasteiger partial charge in [-0.3, -0.25) is 4.90 Å². The van der Waals surface area contributed by atoms with E-state index >= 15 is 0 Å². The van der Waals surface area contributed by atoms with Crippen LogP contribution in [-0.2, 0) is 4.74 Å². The average Bonchev–Trinajstić information content (AvgIpc) is 3.00. The van der Waals surface area contributed by atoms with Gasteiger partial charge < -0.3 is 9.84 Å². The van der Waals surface area contributed by atoms with Gasteiger partial charge in [0.2, 0.25) is 0 Å². The molecule has 3 heterocycles. The molecule has 3 nitrogen and oxygen atoms in total. The fraction of sp³-hybridized carbons (Fsp3) is 1.00. The first-order valence-electron chi connectivity index (χ1n) is 5.78. The zero-order valence-corrected chi connectivity index (χ0v) is 8.61. The van der Waals surface area contributed by atoms with Crippen molar-refractivity contribution in [3.63, 3.8) is 0 Å². The summed E-state index contributed by atoms with van der Waals surface area (Å²) < 4.78 is 5.67. The number of nitrogens with zero attached hydrogens (tertiary/aromatic N) is 1. The minimum Gasteiger partial charge on any atom is -0.396 e. The normalized spacial score (nSPS) is 40.1. The average molecular weight is 197 g/mol. The summed E-state index contributed by atoms with van der Waals surface area (Å²) in [7, 11) is 0. The molecular formula is C11H19NO2. The summed E-state index contributed by atoms with van der Waals surface area (Å²) in [6.07, 6.45) is 5.46. The van der Waals surface area contributed by atoms with Crippen LogP contribution in [0.2, 0.25) is 0 Å². The van der Waals surface area contributed by atoms with E-state index in [9.17, 15) is 5.11 Å². The van der Waals surface area contributed by atoms with E-state index in [4.69, 9.17) is 4.74 Å².